The fraction of sp³-hybridized carbons (Fsp3) is 0.278. The van der Waals surface area contributed by atoms with Crippen molar-refractivity contribution in [3.8, 4) is 17.2 Å². The third-order valence-corrected chi connectivity index (χ3v) is 3.44. The van der Waals surface area contributed by atoms with Gasteiger partial charge in [-0.15, -0.1) is 0 Å². The van der Waals surface area contributed by atoms with Gasteiger partial charge < -0.3 is 19.5 Å². The number of fused-ring (bicyclic) bond motifs is 1. The van der Waals surface area contributed by atoms with E-state index in [0.29, 0.717) is 31.9 Å². The standard InChI is InChI=1S/C18H19NO4/c20-18(10-11-21-14-6-2-1-3-7-14)19-12-15-13-22-16-8-4-5-9-17(16)23-15/h1-9,15H,10-13H2,(H,19,20)/t15-/m0/s1. The number of ether oxygens (including phenoxy) is 3. The largest absolute Gasteiger partial charge is 0.493 e. The average molecular weight is 313 g/mol. The van der Waals surface area contributed by atoms with Crippen LogP contribution in [0.25, 0.3) is 0 Å². The summed E-state index contributed by atoms with van der Waals surface area (Å²) in [5.74, 6) is 2.15. The van der Waals surface area contributed by atoms with E-state index >= 15 is 0 Å². The first-order chi connectivity index (χ1) is 11.3. The second-order valence-corrected chi connectivity index (χ2v) is 5.21. The Labute approximate surface area is 135 Å². The molecular formula is C18H19NO4. The fourth-order valence-corrected chi connectivity index (χ4v) is 2.26. The Morgan fingerprint density at radius 3 is 2.65 bits per heavy atom. The third kappa shape index (κ3) is 4.39. The molecule has 0 radical (unpaired) electrons. The van der Waals surface area contributed by atoms with Crippen LogP contribution in [-0.4, -0.2) is 31.8 Å². The number of hydrogen-bond acceptors (Lipinski definition) is 4. The molecule has 1 aliphatic rings. The van der Waals surface area contributed by atoms with E-state index in [4.69, 9.17) is 14.2 Å². The summed E-state index contributed by atoms with van der Waals surface area (Å²) in [5, 5.41) is 2.85. The van der Waals surface area contributed by atoms with Gasteiger partial charge in [-0.05, 0) is 24.3 Å². The average Bonchev–Trinajstić information content (AvgIpc) is 2.61. The van der Waals surface area contributed by atoms with Gasteiger partial charge in [-0.2, -0.15) is 0 Å². The van der Waals surface area contributed by atoms with Crippen molar-refractivity contribution in [3.05, 3.63) is 54.6 Å². The van der Waals surface area contributed by atoms with Crippen LogP contribution in [0.15, 0.2) is 54.6 Å². The zero-order valence-electron chi connectivity index (χ0n) is 12.7. The Kier molecular flexibility index (Phi) is 4.99. The van der Waals surface area contributed by atoms with Gasteiger partial charge in [-0.25, -0.2) is 0 Å². The molecule has 23 heavy (non-hydrogen) atoms. The molecule has 5 nitrogen and oxygen atoms in total. The molecule has 3 rings (SSSR count). The number of nitrogens with one attached hydrogen (secondary N) is 1. The highest BCUT2D eigenvalue weighted by Crippen LogP contribution is 2.30. The summed E-state index contributed by atoms with van der Waals surface area (Å²) in [5.41, 5.74) is 0. The third-order valence-electron chi connectivity index (χ3n) is 3.44. The normalized spacial score (nSPS) is 15.7. The number of para-hydroxylation sites is 3. The van der Waals surface area contributed by atoms with Gasteiger partial charge in [0.15, 0.2) is 11.5 Å². The Balaban J connectivity index is 1.37. The van der Waals surface area contributed by atoms with Crippen molar-refractivity contribution in [2.45, 2.75) is 12.5 Å². The molecule has 120 valence electrons. The molecule has 2 aromatic carbocycles. The summed E-state index contributed by atoms with van der Waals surface area (Å²) in [6.07, 6.45) is 0.128. The van der Waals surface area contributed by atoms with Crippen LogP contribution in [-0.2, 0) is 4.79 Å². The minimum atomic E-state index is -0.177. The van der Waals surface area contributed by atoms with Crippen LogP contribution in [0.3, 0.4) is 0 Å². The summed E-state index contributed by atoms with van der Waals surface area (Å²) >= 11 is 0. The van der Waals surface area contributed by atoms with E-state index in [2.05, 4.69) is 5.32 Å². The summed E-state index contributed by atoms with van der Waals surface area (Å²) in [7, 11) is 0. The van der Waals surface area contributed by atoms with Crippen molar-refractivity contribution in [1.82, 2.24) is 5.32 Å². The van der Waals surface area contributed by atoms with Crippen molar-refractivity contribution in [3.63, 3.8) is 0 Å². The molecule has 0 fully saturated rings. The maximum atomic E-state index is 11.8. The SMILES string of the molecule is O=C(CCOc1ccccc1)NC[C@H]1COc2ccccc2O1. The van der Waals surface area contributed by atoms with E-state index in [1.165, 1.54) is 0 Å². The van der Waals surface area contributed by atoms with Gasteiger partial charge in [-0.3, -0.25) is 4.79 Å². The minimum Gasteiger partial charge on any atom is -0.493 e. The first kappa shape index (κ1) is 15.2. The molecule has 0 saturated carbocycles. The molecule has 0 aromatic heterocycles. The van der Waals surface area contributed by atoms with Gasteiger partial charge >= 0.3 is 0 Å². The van der Waals surface area contributed by atoms with E-state index in [-0.39, 0.29) is 12.0 Å². The highest BCUT2D eigenvalue weighted by molar-refractivity contribution is 5.76. The second-order valence-electron chi connectivity index (χ2n) is 5.21. The molecule has 1 aliphatic heterocycles. The minimum absolute atomic E-state index is 0.0663. The lowest BCUT2D eigenvalue weighted by atomic mass is 10.2. The molecule has 2 aromatic rings. The smallest absolute Gasteiger partial charge is 0.223 e. The van der Waals surface area contributed by atoms with Crippen molar-refractivity contribution < 1.29 is 19.0 Å². The topological polar surface area (TPSA) is 56.8 Å². The van der Waals surface area contributed by atoms with Gasteiger partial charge in [-0.1, -0.05) is 30.3 Å². The maximum absolute atomic E-state index is 11.8. The van der Waals surface area contributed by atoms with Crippen LogP contribution < -0.4 is 19.5 Å². The molecule has 0 saturated heterocycles. The van der Waals surface area contributed by atoms with Crippen molar-refractivity contribution in [1.29, 1.82) is 0 Å². The van der Waals surface area contributed by atoms with Gasteiger partial charge in [0, 0.05) is 0 Å². The lowest BCUT2D eigenvalue weighted by molar-refractivity contribution is -0.122. The number of hydrogen-bond donors (Lipinski definition) is 1. The highest BCUT2D eigenvalue weighted by atomic mass is 16.6. The number of amides is 1. The van der Waals surface area contributed by atoms with Crippen molar-refractivity contribution in [2.24, 2.45) is 0 Å². The van der Waals surface area contributed by atoms with Gasteiger partial charge in [0.1, 0.15) is 18.5 Å². The molecule has 1 N–H and O–H groups in total. The van der Waals surface area contributed by atoms with E-state index in [9.17, 15) is 4.79 Å². The highest BCUT2D eigenvalue weighted by Gasteiger charge is 2.20. The summed E-state index contributed by atoms with van der Waals surface area (Å²) in [4.78, 5) is 11.8. The molecular weight excluding hydrogens is 294 g/mol. The fourth-order valence-electron chi connectivity index (χ4n) is 2.26. The van der Waals surface area contributed by atoms with Gasteiger partial charge in [0.25, 0.3) is 0 Å². The Morgan fingerprint density at radius 2 is 1.83 bits per heavy atom. The summed E-state index contributed by atoms with van der Waals surface area (Å²) in [6.45, 7) is 1.19. The van der Waals surface area contributed by atoms with Crippen LogP contribution in [0.5, 0.6) is 17.2 Å². The van der Waals surface area contributed by atoms with Crippen LogP contribution in [0.1, 0.15) is 6.42 Å². The number of carbonyl (C=O) groups excluding carboxylic acids is 1. The number of benzene rings is 2. The predicted molar refractivity (Wildman–Crippen MR) is 85.9 cm³/mol. The van der Waals surface area contributed by atoms with Crippen LogP contribution in [0.4, 0.5) is 0 Å². The van der Waals surface area contributed by atoms with Crippen molar-refractivity contribution >= 4 is 5.91 Å². The molecule has 1 heterocycles. The molecule has 1 amide bonds. The lowest BCUT2D eigenvalue weighted by Crippen LogP contribution is -2.41. The molecule has 0 bridgehead atoms. The van der Waals surface area contributed by atoms with Crippen LogP contribution >= 0.6 is 0 Å². The molecule has 0 spiro atoms. The molecule has 1 atom stereocenters. The second kappa shape index (κ2) is 7.54. The van der Waals surface area contributed by atoms with Gasteiger partial charge in [0.2, 0.25) is 5.91 Å². The number of rotatable bonds is 6. The van der Waals surface area contributed by atoms with E-state index in [1.54, 1.807) is 0 Å². The zero-order chi connectivity index (χ0) is 15.9. The monoisotopic (exact) mass is 313 g/mol. The lowest BCUT2D eigenvalue weighted by Gasteiger charge is -2.26. The maximum Gasteiger partial charge on any atom is 0.223 e. The van der Waals surface area contributed by atoms with E-state index < -0.39 is 0 Å². The van der Waals surface area contributed by atoms with E-state index in [1.807, 2.05) is 54.6 Å². The predicted octanol–water partition coefficient (Wildman–Crippen LogP) is 2.41. The van der Waals surface area contributed by atoms with Crippen LogP contribution in [0.2, 0.25) is 0 Å². The van der Waals surface area contributed by atoms with Crippen LogP contribution in [0, 0.1) is 0 Å². The Hall–Kier alpha value is -2.69. The zero-order valence-corrected chi connectivity index (χ0v) is 12.7. The van der Waals surface area contributed by atoms with Gasteiger partial charge in [0.05, 0.1) is 19.6 Å². The Bertz CT molecular complexity index is 644. The Morgan fingerprint density at radius 1 is 1.09 bits per heavy atom. The molecule has 5 heteroatoms. The summed E-state index contributed by atoms with van der Waals surface area (Å²) in [6, 6.07) is 17.0. The number of carbonyl (C=O) groups is 1. The quantitative estimate of drug-likeness (QED) is 0.890. The molecule has 0 unspecified atom stereocenters. The first-order valence-electron chi connectivity index (χ1n) is 7.64. The first-order valence-corrected chi connectivity index (χ1v) is 7.64. The summed E-state index contributed by atoms with van der Waals surface area (Å²) < 4.78 is 16.9. The molecule has 0 aliphatic carbocycles. The van der Waals surface area contributed by atoms with Crippen molar-refractivity contribution in [2.75, 3.05) is 19.8 Å². The van der Waals surface area contributed by atoms with E-state index in [0.717, 1.165) is 11.5 Å².